The number of thiophene rings is 1. The fourth-order valence-electron chi connectivity index (χ4n) is 3.90. The molecule has 1 aliphatic rings. The van der Waals surface area contributed by atoms with Gasteiger partial charge >= 0.3 is 0 Å². The van der Waals surface area contributed by atoms with Crippen molar-refractivity contribution in [3.8, 4) is 11.6 Å². The number of halogens is 1. The summed E-state index contributed by atoms with van der Waals surface area (Å²) in [4.78, 5) is 25.8. The largest absolute Gasteiger partial charge is 0.437 e. The zero-order chi connectivity index (χ0) is 24.9. The first kappa shape index (κ1) is 24.1. The molecule has 1 saturated heterocycles. The van der Waals surface area contributed by atoms with Gasteiger partial charge in [-0.15, -0.1) is 11.3 Å². The molecule has 2 N–H and O–H groups in total. The Morgan fingerprint density at radius 1 is 1.06 bits per heavy atom. The van der Waals surface area contributed by atoms with Crippen LogP contribution in [0.4, 0.5) is 23.0 Å². The van der Waals surface area contributed by atoms with Crippen LogP contribution >= 0.6 is 22.9 Å². The van der Waals surface area contributed by atoms with Gasteiger partial charge in [-0.3, -0.25) is 4.79 Å². The smallest absolute Gasteiger partial charge is 0.249 e. The highest BCUT2D eigenvalue weighted by molar-refractivity contribution is 7.17. The van der Waals surface area contributed by atoms with Gasteiger partial charge in [0.25, 0.3) is 0 Å². The van der Waals surface area contributed by atoms with E-state index in [1.165, 1.54) is 28.6 Å². The number of anilines is 4. The number of aromatic nitrogens is 2. The first-order chi connectivity index (χ1) is 17.6. The molecular formula is C26H25ClN6O2S. The molecule has 0 spiro atoms. The Morgan fingerprint density at radius 3 is 2.64 bits per heavy atom. The van der Waals surface area contributed by atoms with E-state index in [-0.39, 0.29) is 5.91 Å². The summed E-state index contributed by atoms with van der Waals surface area (Å²) in [5.74, 6) is 1.10. The zero-order valence-electron chi connectivity index (χ0n) is 19.6. The van der Waals surface area contributed by atoms with E-state index in [9.17, 15) is 4.79 Å². The molecular weight excluding hydrogens is 496 g/mol. The van der Waals surface area contributed by atoms with Gasteiger partial charge in [0, 0.05) is 60.9 Å². The average molecular weight is 521 g/mol. The molecule has 3 heterocycles. The number of rotatable bonds is 7. The van der Waals surface area contributed by atoms with Gasteiger partial charge in [-0.25, -0.2) is 4.98 Å². The second-order valence-electron chi connectivity index (χ2n) is 8.36. The summed E-state index contributed by atoms with van der Waals surface area (Å²) in [6.45, 7) is 4.18. The summed E-state index contributed by atoms with van der Waals surface area (Å²) < 4.78 is 6.97. The molecule has 2 aromatic carbocycles. The molecule has 0 atom stereocenters. The second-order valence-corrected chi connectivity index (χ2v) is 9.53. The van der Waals surface area contributed by atoms with E-state index in [4.69, 9.17) is 16.3 Å². The predicted molar refractivity (Wildman–Crippen MR) is 147 cm³/mol. The number of carbonyl (C=O) groups excluding carboxylic acids is 1. The van der Waals surface area contributed by atoms with Crippen LogP contribution in [-0.4, -0.2) is 54.0 Å². The lowest BCUT2D eigenvalue weighted by molar-refractivity contribution is -0.111. The quantitative estimate of drug-likeness (QED) is 0.304. The summed E-state index contributed by atoms with van der Waals surface area (Å²) in [6, 6.07) is 17.3. The molecule has 1 amide bonds. The Hall–Kier alpha value is -3.66. The zero-order valence-corrected chi connectivity index (χ0v) is 21.2. The minimum absolute atomic E-state index is 0.324. The molecule has 4 aromatic rings. The van der Waals surface area contributed by atoms with Crippen molar-refractivity contribution in [3.63, 3.8) is 0 Å². The predicted octanol–water partition coefficient (Wildman–Crippen LogP) is 5.67. The average Bonchev–Trinajstić information content (AvgIpc) is 3.35. The van der Waals surface area contributed by atoms with Crippen LogP contribution in [-0.2, 0) is 4.79 Å². The lowest BCUT2D eigenvalue weighted by atomic mass is 10.2. The number of piperazine rings is 1. The Bertz CT molecular complexity index is 1380. The Kier molecular flexibility index (Phi) is 7.31. The van der Waals surface area contributed by atoms with Gasteiger partial charge in [0.05, 0.1) is 5.52 Å². The van der Waals surface area contributed by atoms with E-state index in [1.807, 2.05) is 23.6 Å². The highest BCUT2D eigenvalue weighted by Crippen LogP contribution is 2.34. The van der Waals surface area contributed by atoms with Crippen molar-refractivity contribution in [1.82, 2.24) is 14.9 Å². The third-order valence-electron chi connectivity index (χ3n) is 5.79. The number of nitrogens with one attached hydrogen (secondary N) is 2. The SMILES string of the molecule is CN1CCN(c2ccc(Nc3nc(Oc4cccc(NC(=O)/C=C\Cl)c4)c4sccc4n3)cc2)CC1. The monoisotopic (exact) mass is 520 g/mol. The standard InChI is InChI=1S/C26H25ClN6O2S/c1-32-12-14-33(15-13-32)20-7-5-18(6-8-20)29-26-30-22-10-16-36-24(22)25(31-26)35-21-4-2-3-19(17-21)28-23(34)9-11-27/h2-11,16-17H,12-15H2,1H3,(H,28,34)(H,29,30,31)/b11-9-. The molecule has 0 bridgehead atoms. The van der Waals surface area contributed by atoms with E-state index in [0.29, 0.717) is 23.3 Å². The molecule has 0 saturated carbocycles. The number of carbonyl (C=O) groups is 1. The lowest BCUT2D eigenvalue weighted by Crippen LogP contribution is -2.44. The van der Waals surface area contributed by atoms with Crippen LogP contribution in [0.3, 0.4) is 0 Å². The number of amides is 1. The van der Waals surface area contributed by atoms with Gasteiger partial charge in [0.1, 0.15) is 10.4 Å². The van der Waals surface area contributed by atoms with Crippen LogP contribution in [0.1, 0.15) is 0 Å². The van der Waals surface area contributed by atoms with Crippen LogP contribution < -0.4 is 20.3 Å². The lowest BCUT2D eigenvalue weighted by Gasteiger charge is -2.34. The maximum atomic E-state index is 11.8. The normalized spacial score (nSPS) is 14.3. The molecule has 8 nitrogen and oxygen atoms in total. The molecule has 5 rings (SSSR count). The number of hydrogen-bond acceptors (Lipinski definition) is 8. The van der Waals surface area contributed by atoms with Crippen LogP contribution in [0.5, 0.6) is 11.6 Å². The van der Waals surface area contributed by atoms with Crippen molar-refractivity contribution in [2.75, 3.05) is 48.8 Å². The van der Waals surface area contributed by atoms with Crippen molar-refractivity contribution in [2.24, 2.45) is 0 Å². The molecule has 36 heavy (non-hydrogen) atoms. The molecule has 2 aromatic heterocycles. The number of hydrogen-bond donors (Lipinski definition) is 2. The fraction of sp³-hybridized carbons (Fsp3) is 0.192. The summed E-state index contributed by atoms with van der Waals surface area (Å²) in [6.07, 6.45) is 1.24. The highest BCUT2D eigenvalue weighted by Gasteiger charge is 2.15. The minimum atomic E-state index is -0.324. The van der Waals surface area contributed by atoms with E-state index < -0.39 is 0 Å². The number of benzene rings is 2. The number of likely N-dealkylation sites (N-methyl/N-ethyl adjacent to an activating group) is 1. The summed E-state index contributed by atoms with van der Waals surface area (Å²) in [5, 5.41) is 7.99. The molecule has 10 heteroatoms. The second kappa shape index (κ2) is 10.9. The van der Waals surface area contributed by atoms with Crippen molar-refractivity contribution >= 4 is 62.1 Å². The Labute approximate surface area is 218 Å². The number of ether oxygens (including phenoxy) is 1. The summed E-state index contributed by atoms with van der Waals surface area (Å²) in [5.41, 5.74) is 4.64. The summed E-state index contributed by atoms with van der Waals surface area (Å²) in [7, 11) is 2.15. The summed E-state index contributed by atoms with van der Waals surface area (Å²) >= 11 is 6.99. The van der Waals surface area contributed by atoms with Gasteiger partial charge in [-0.1, -0.05) is 17.7 Å². The van der Waals surface area contributed by atoms with E-state index in [0.717, 1.165) is 42.1 Å². The molecule has 0 aliphatic carbocycles. The molecule has 0 radical (unpaired) electrons. The van der Waals surface area contributed by atoms with Gasteiger partial charge in [0.15, 0.2) is 0 Å². The van der Waals surface area contributed by atoms with Gasteiger partial charge in [-0.2, -0.15) is 4.98 Å². The first-order valence-corrected chi connectivity index (χ1v) is 12.8. The van der Waals surface area contributed by atoms with Crippen molar-refractivity contribution in [2.45, 2.75) is 0 Å². The van der Waals surface area contributed by atoms with Crippen LogP contribution in [0, 0.1) is 0 Å². The minimum Gasteiger partial charge on any atom is -0.437 e. The Balaban J connectivity index is 1.33. The van der Waals surface area contributed by atoms with Crippen LogP contribution in [0.2, 0.25) is 0 Å². The number of fused-ring (bicyclic) bond motifs is 1. The van der Waals surface area contributed by atoms with Gasteiger partial charge in [-0.05, 0) is 54.9 Å². The molecule has 1 aliphatic heterocycles. The fourth-order valence-corrected chi connectivity index (χ4v) is 4.77. The van der Waals surface area contributed by atoms with Crippen molar-refractivity contribution < 1.29 is 9.53 Å². The number of nitrogens with zero attached hydrogens (tertiary/aromatic N) is 4. The molecule has 0 unspecified atom stereocenters. The van der Waals surface area contributed by atoms with Crippen LogP contribution in [0.25, 0.3) is 10.2 Å². The maximum absolute atomic E-state index is 11.8. The van der Waals surface area contributed by atoms with Gasteiger partial charge in [0.2, 0.25) is 17.7 Å². The van der Waals surface area contributed by atoms with Gasteiger partial charge < -0.3 is 25.2 Å². The van der Waals surface area contributed by atoms with Crippen molar-refractivity contribution in [3.05, 3.63) is 71.6 Å². The van der Waals surface area contributed by atoms with E-state index in [1.54, 1.807) is 24.3 Å². The van der Waals surface area contributed by atoms with Crippen molar-refractivity contribution in [1.29, 1.82) is 0 Å². The first-order valence-electron chi connectivity index (χ1n) is 11.5. The maximum Gasteiger partial charge on any atom is 0.249 e. The van der Waals surface area contributed by atoms with E-state index in [2.05, 4.69) is 49.6 Å². The molecule has 1 fully saturated rings. The molecule has 184 valence electrons. The Morgan fingerprint density at radius 2 is 1.86 bits per heavy atom. The highest BCUT2D eigenvalue weighted by atomic mass is 35.5. The third-order valence-corrected chi connectivity index (χ3v) is 6.81. The third kappa shape index (κ3) is 5.76. The van der Waals surface area contributed by atoms with Crippen LogP contribution in [0.15, 0.2) is 71.6 Å². The topological polar surface area (TPSA) is 82.6 Å². The van der Waals surface area contributed by atoms with E-state index >= 15 is 0 Å².